The van der Waals surface area contributed by atoms with Crippen LogP contribution in [0.4, 0.5) is 0 Å². The topological polar surface area (TPSA) is 109 Å². The second kappa shape index (κ2) is 8.58. The Labute approximate surface area is 180 Å². The molecule has 1 N–H and O–H groups in total. The number of para-hydroxylation sites is 1. The highest BCUT2D eigenvalue weighted by Gasteiger charge is 2.34. The van der Waals surface area contributed by atoms with E-state index in [1.165, 1.54) is 6.08 Å². The smallest absolute Gasteiger partial charge is 0.267 e. The molecule has 1 amide bonds. The molecule has 1 heterocycles. The van der Waals surface area contributed by atoms with E-state index in [2.05, 4.69) is 16.4 Å². The van der Waals surface area contributed by atoms with Crippen LogP contribution in [0.3, 0.4) is 0 Å². The van der Waals surface area contributed by atoms with E-state index in [1.54, 1.807) is 38.1 Å². The molecule has 0 unspecified atom stereocenters. The van der Waals surface area contributed by atoms with E-state index < -0.39 is 27.2 Å². The fourth-order valence-corrected chi connectivity index (χ4v) is 4.06. The lowest BCUT2D eigenvalue weighted by molar-refractivity contribution is 0.0942. The van der Waals surface area contributed by atoms with Gasteiger partial charge in [0, 0.05) is 11.7 Å². The number of hydrogen-bond acceptors (Lipinski definition) is 7. The third kappa shape index (κ3) is 5.68. The quantitative estimate of drug-likeness (QED) is 0.662. The van der Waals surface area contributed by atoms with E-state index >= 15 is 0 Å². The van der Waals surface area contributed by atoms with Gasteiger partial charge >= 0.3 is 0 Å². The van der Waals surface area contributed by atoms with Crippen LogP contribution in [-0.4, -0.2) is 31.6 Å². The van der Waals surface area contributed by atoms with Crippen LogP contribution >= 0.6 is 11.3 Å². The fraction of sp³-hybridized carbons (Fsp3) is 0.381. The Morgan fingerprint density at radius 1 is 1.37 bits per heavy atom. The normalized spacial score (nSPS) is 15.5. The van der Waals surface area contributed by atoms with Gasteiger partial charge in [0.1, 0.15) is 16.2 Å². The van der Waals surface area contributed by atoms with Crippen molar-refractivity contribution in [1.82, 2.24) is 10.3 Å². The van der Waals surface area contributed by atoms with Crippen molar-refractivity contribution in [2.24, 2.45) is 5.92 Å². The molecular formula is C21H23N3O4S2. The number of rotatable bonds is 8. The van der Waals surface area contributed by atoms with E-state index in [0.717, 1.165) is 35.8 Å². The number of carbonyl (C=O) groups is 1. The summed E-state index contributed by atoms with van der Waals surface area (Å²) in [7, 11) is -3.30. The van der Waals surface area contributed by atoms with Crippen LogP contribution in [0.25, 0.3) is 0 Å². The predicted octanol–water partition coefficient (Wildman–Crippen LogP) is 3.80. The minimum absolute atomic E-state index is 0.128. The Bertz CT molecular complexity index is 1100. The highest BCUT2D eigenvalue weighted by Crippen LogP contribution is 2.37. The van der Waals surface area contributed by atoms with Crippen molar-refractivity contribution in [2.75, 3.05) is 6.26 Å². The molecule has 9 heteroatoms. The zero-order valence-corrected chi connectivity index (χ0v) is 18.6. The van der Waals surface area contributed by atoms with Crippen LogP contribution in [0.2, 0.25) is 0 Å². The Morgan fingerprint density at radius 2 is 2.03 bits per heavy atom. The summed E-state index contributed by atoms with van der Waals surface area (Å²) in [5.41, 5.74) is -0.885. The minimum Gasteiger partial charge on any atom is -0.437 e. The van der Waals surface area contributed by atoms with Crippen LogP contribution in [0.15, 0.2) is 41.8 Å². The average Bonchev–Trinajstić information content (AvgIpc) is 3.44. The van der Waals surface area contributed by atoms with E-state index in [9.17, 15) is 18.5 Å². The van der Waals surface area contributed by atoms with Crippen molar-refractivity contribution in [3.05, 3.63) is 51.7 Å². The number of sulfone groups is 1. The van der Waals surface area contributed by atoms with Gasteiger partial charge in [-0.25, -0.2) is 13.4 Å². The van der Waals surface area contributed by atoms with Gasteiger partial charge in [0.25, 0.3) is 5.91 Å². The predicted molar refractivity (Wildman–Crippen MR) is 115 cm³/mol. The fourth-order valence-electron chi connectivity index (χ4n) is 2.66. The molecule has 1 fully saturated rings. The first-order valence-corrected chi connectivity index (χ1v) is 12.2. The van der Waals surface area contributed by atoms with Gasteiger partial charge in [-0.15, -0.1) is 11.3 Å². The number of ether oxygens (including phenoxy) is 1. The number of amides is 1. The number of nitrogens with zero attached hydrogens (tertiary/aromatic N) is 2. The van der Waals surface area contributed by atoms with Crippen LogP contribution < -0.4 is 10.1 Å². The van der Waals surface area contributed by atoms with Crippen molar-refractivity contribution >= 4 is 27.1 Å². The van der Waals surface area contributed by atoms with E-state index in [0.29, 0.717) is 10.8 Å². The summed E-state index contributed by atoms with van der Waals surface area (Å²) in [5.74, 6) is 0.444. The summed E-state index contributed by atoms with van der Waals surface area (Å²) < 4.78 is 28.8. The molecule has 1 atom stereocenters. The largest absolute Gasteiger partial charge is 0.437 e. The standard InChI is InChI=1S/C21H23N3O4S2/c1-21(2,13-22)20-24-19(28-15-7-5-4-6-8-15)17(29-20)18(25)23-16(14-9-10-14)11-12-30(3,26)27/h4-8,11-12,14,16H,9-10H2,1-3H3,(H,23,25)/b12-11+/t16-/m1/s1. The maximum absolute atomic E-state index is 13.1. The third-order valence-corrected chi connectivity index (χ3v) is 6.55. The molecule has 1 aromatic carbocycles. The summed E-state index contributed by atoms with van der Waals surface area (Å²) in [6.45, 7) is 3.45. The molecule has 0 bridgehead atoms. The van der Waals surface area contributed by atoms with Gasteiger partial charge in [-0.05, 0) is 44.7 Å². The van der Waals surface area contributed by atoms with Gasteiger partial charge in [0.15, 0.2) is 14.7 Å². The van der Waals surface area contributed by atoms with Crippen molar-refractivity contribution in [3.63, 3.8) is 0 Å². The van der Waals surface area contributed by atoms with Gasteiger partial charge in [0.05, 0.1) is 12.1 Å². The number of hydrogen-bond donors (Lipinski definition) is 1. The molecule has 0 aliphatic heterocycles. The summed E-state index contributed by atoms with van der Waals surface area (Å²) in [6, 6.07) is 10.7. The molecule has 2 aromatic rings. The molecular weight excluding hydrogens is 422 g/mol. The summed E-state index contributed by atoms with van der Waals surface area (Å²) in [4.78, 5) is 17.7. The number of aromatic nitrogens is 1. The lowest BCUT2D eigenvalue weighted by atomic mass is 9.97. The SMILES string of the molecule is CC(C)(C#N)c1nc(Oc2ccccc2)c(C(=O)N[C@H](/C=C/S(C)(=O)=O)C2CC2)s1. The van der Waals surface area contributed by atoms with Crippen LogP contribution in [0.5, 0.6) is 11.6 Å². The first kappa shape index (κ1) is 22.0. The average molecular weight is 446 g/mol. The first-order chi connectivity index (χ1) is 14.1. The van der Waals surface area contributed by atoms with Crippen LogP contribution in [0.1, 0.15) is 41.4 Å². The molecule has 30 heavy (non-hydrogen) atoms. The Hall–Kier alpha value is -2.70. The summed E-state index contributed by atoms with van der Waals surface area (Å²) in [6.07, 6.45) is 4.47. The minimum atomic E-state index is -3.30. The number of nitrogens with one attached hydrogen (secondary N) is 1. The number of thiazole rings is 1. The van der Waals surface area contributed by atoms with Gasteiger partial charge in [-0.3, -0.25) is 4.79 Å². The van der Waals surface area contributed by atoms with Gasteiger partial charge in [-0.1, -0.05) is 24.3 Å². The highest BCUT2D eigenvalue weighted by atomic mass is 32.2. The lowest BCUT2D eigenvalue weighted by Gasteiger charge is -2.14. The van der Waals surface area contributed by atoms with Gasteiger partial charge < -0.3 is 10.1 Å². The number of nitriles is 1. The second-order valence-electron chi connectivity index (χ2n) is 7.80. The van der Waals surface area contributed by atoms with E-state index in [4.69, 9.17) is 4.74 Å². The molecule has 7 nitrogen and oxygen atoms in total. The van der Waals surface area contributed by atoms with Gasteiger partial charge in [-0.2, -0.15) is 5.26 Å². The molecule has 158 valence electrons. The maximum Gasteiger partial charge on any atom is 0.267 e. The molecule has 1 aromatic heterocycles. The van der Waals surface area contributed by atoms with Gasteiger partial charge in [0.2, 0.25) is 5.88 Å². The number of benzene rings is 1. The molecule has 1 aliphatic carbocycles. The summed E-state index contributed by atoms with van der Waals surface area (Å²) >= 11 is 1.10. The van der Waals surface area contributed by atoms with Crippen LogP contribution in [0, 0.1) is 17.2 Å². The van der Waals surface area contributed by atoms with Crippen molar-refractivity contribution in [1.29, 1.82) is 5.26 Å². The Kier molecular flexibility index (Phi) is 6.29. The molecule has 0 spiro atoms. The van der Waals surface area contributed by atoms with Crippen LogP contribution in [-0.2, 0) is 15.3 Å². The summed E-state index contributed by atoms with van der Waals surface area (Å²) in [5, 5.41) is 13.9. The van der Waals surface area contributed by atoms with Crippen molar-refractivity contribution in [3.8, 4) is 17.7 Å². The molecule has 3 rings (SSSR count). The van der Waals surface area contributed by atoms with E-state index in [-0.39, 0.29) is 16.7 Å². The second-order valence-corrected chi connectivity index (χ2v) is 10.7. The van der Waals surface area contributed by atoms with Crippen molar-refractivity contribution < 1.29 is 17.9 Å². The molecule has 0 saturated heterocycles. The number of carbonyl (C=O) groups excluding carboxylic acids is 1. The monoisotopic (exact) mass is 445 g/mol. The highest BCUT2D eigenvalue weighted by molar-refractivity contribution is 7.93. The third-order valence-electron chi connectivity index (χ3n) is 4.53. The first-order valence-electron chi connectivity index (χ1n) is 9.43. The zero-order chi connectivity index (χ0) is 21.9. The zero-order valence-electron chi connectivity index (χ0n) is 17.0. The maximum atomic E-state index is 13.1. The Morgan fingerprint density at radius 3 is 2.60 bits per heavy atom. The lowest BCUT2D eigenvalue weighted by Crippen LogP contribution is -2.34. The molecule has 0 radical (unpaired) electrons. The van der Waals surface area contributed by atoms with E-state index in [1.807, 2.05) is 6.07 Å². The Balaban J connectivity index is 1.91. The molecule has 1 aliphatic rings. The molecule has 1 saturated carbocycles. The van der Waals surface area contributed by atoms with Crippen molar-refractivity contribution in [2.45, 2.75) is 38.1 Å².